The Kier molecular flexibility index (Phi) is 7.52. The Hall–Kier alpha value is -2.93. The van der Waals surface area contributed by atoms with Crippen molar-refractivity contribution in [1.82, 2.24) is 15.3 Å². The van der Waals surface area contributed by atoms with Gasteiger partial charge >= 0.3 is 5.97 Å². The molecule has 0 aliphatic heterocycles. The van der Waals surface area contributed by atoms with Crippen LogP contribution < -0.4 is 5.32 Å². The van der Waals surface area contributed by atoms with Crippen LogP contribution in [0.4, 0.5) is 4.39 Å². The highest BCUT2D eigenvalue weighted by Crippen LogP contribution is 2.46. The summed E-state index contributed by atoms with van der Waals surface area (Å²) in [4.78, 5) is 32.4. The maximum absolute atomic E-state index is 15.8. The summed E-state index contributed by atoms with van der Waals surface area (Å²) in [5.74, 6) is -1.09. The summed E-state index contributed by atoms with van der Waals surface area (Å²) in [7, 11) is 1.32. The molecule has 196 valence electrons. The van der Waals surface area contributed by atoms with Crippen LogP contribution in [0.15, 0.2) is 36.4 Å². The van der Waals surface area contributed by atoms with E-state index in [9.17, 15) is 9.59 Å². The summed E-state index contributed by atoms with van der Waals surface area (Å²) in [6.07, 6.45) is 9.77. The van der Waals surface area contributed by atoms with E-state index in [1.54, 1.807) is 30.3 Å². The van der Waals surface area contributed by atoms with Gasteiger partial charge in [0.05, 0.1) is 23.7 Å². The van der Waals surface area contributed by atoms with Crippen molar-refractivity contribution >= 4 is 34.5 Å². The van der Waals surface area contributed by atoms with E-state index in [0.717, 1.165) is 57.8 Å². The summed E-state index contributed by atoms with van der Waals surface area (Å²) in [6.45, 7) is 0. The summed E-state index contributed by atoms with van der Waals surface area (Å²) >= 11 is 7.28. The van der Waals surface area contributed by atoms with Gasteiger partial charge in [-0.2, -0.15) is 0 Å². The number of aromatic nitrogens is 2. The summed E-state index contributed by atoms with van der Waals surface area (Å²) < 4.78 is 20.7. The van der Waals surface area contributed by atoms with Gasteiger partial charge in [-0.15, -0.1) is 11.6 Å². The van der Waals surface area contributed by atoms with Gasteiger partial charge in [0.2, 0.25) is 5.91 Å². The maximum Gasteiger partial charge on any atom is 0.338 e. The number of esters is 1. The highest BCUT2D eigenvalue weighted by Gasteiger charge is 2.48. The summed E-state index contributed by atoms with van der Waals surface area (Å²) in [5, 5.41) is 3.17. The number of methoxy groups -OCH3 is 1. The zero-order valence-electron chi connectivity index (χ0n) is 21.1. The fraction of sp³-hybridized carbons (Fsp3) is 0.483. The number of carbonyl (C=O) groups is 2. The molecule has 1 amide bonds. The van der Waals surface area contributed by atoms with Crippen molar-refractivity contribution in [1.29, 1.82) is 0 Å². The maximum atomic E-state index is 15.8. The molecule has 0 spiro atoms. The van der Waals surface area contributed by atoms with E-state index >= 15 is 4.39 Å². The first-order valence-corrected chi connectivity index (χ1v) is 13.7. The van der Waals surface area contributed by atoms with Gasteiger partial charge in [-0.3, -0.25) is 4.79 Å². The van der Waals surface area contributed by atoms with Crippen LogP contribution in [0.3, 0.4) is 0 Å². The Balaban J connectivity index is 1.56. The number of rotatable bonds is 6. The van der Waals surface area contributed by atoms with Crippen molar-refractivity contribution in [3.05, 3.63) is 53.3 Å². The molecule has 8 heteroatoms. The van der Waals surface area contributed by atoms with Gasteiger partial charge in [0, 0.05) is 23.2 Å². The molecule has 0 bridgehead atoms. The SMILES string of the molecule is COC(=O)c1ccccc1-c1nc2cc(F)c(C(Cl)(C(=O)NC3CCCCC3)C3CCCCC3)cc2[nH]1. The molecule has 6 nitrogen and oxygen atoms in total. The largest absolute Gasteiger partial charge is 0.465 e. The molecule has 0 saturated heterocycles. The number of nitrogens with zero attached hydrogens (tertiary/aromatic N) is 1. The predicted molar refractivity (Wildman–Crippen MR) is 142 cm³/mol. The third kappa shape index (κ3) is 4.98. The van der Waals surface area contributed by atoms with Crippen LogP contribution in [0.1, 0.15) is 80.1 Å². The highest BCUT2D eigenvalue weighted by molar-refractivity contribution is 6.35. The molecular weight excluding hydrogens is 493 g/mol. The second-order valence-corrected chi connectivity index (χ2v) is 10.9. The number of H-pyrrole nitrogens is 1. The van der Waals surface area contributed by atoms with Crippen LogP contribution in [-0.4, -0.2) is 35.0 Å². The number of amides is 1. The second kappa shape index (κ2) is 10.8. The van der Waals surface area contributed by atoms with Gasteiger partial charge in [0.1, 0.15) is 11.6 Å². The molecule has 2 aliphatic rings. The van der Waals surface area contributed by atoms with Crippen LogP contribution in [0.2, 0.25) is 0 Å². The number of imidazole rings is 1. The molecule has 5 rings (SSSR count). The highest BCUT2D eigenvalue weighted by atomic mass is 35.5. The van der Waals surface area contributed by atoms with Crippen LogP contribution in [0.25, 0.3) is 22.4 Å². The van der Waals surface area contributed by atoms with Crippen molar-refractivity contribution in [2.45, 2.75) is 75.1 Å². The molecule has 0 radical (unpaired) electrons. The van der Waals surface area contributed by atoms with E-state index in [1.807, 2.05) is 0 Å². The number of carbonyl (C=O) groups excluding carboxylic acids is 2. The lowest BCUT2D eigenvalue weighted by Gasteiger charge is -2.38. The van der Waals surface area contributed by atoms with E-state index in [4.69, 9.17) is 16.3 Å². The Morgan fingerprint density at radius 2 is 1.73 bits per heavy atom. The third-order valence-corrected chi connectivity index (χ3v) is 8.67. The number of hydrogen-bond donors (Lipinski definition) is 2. The molecule has 3 aromatic rings. The van der Waals surface area contributed by atoms with E-state index in [-0.39, 0.29) is 23.4 Å². The van der Waals surface area contributed by atoms with Gasteiger partial charge in [-0.05, 0) is 43.7 Å². The summed E-state index contributed by atoms with van der Waals surface area (Å²) in [5.41, 5.74) is 2.03. The number of halogens is 2. The van der Waals surface area contributed by atoms with Gasteiger partial charge < -0.3 is 15.0 Å². The Morgan fingerprint density at radius 1 is 1.05 bits per heavy atom. The lowest BCUT2D eigenvalue weighted by molar-refractivity contribution is -0.127. The second-order valence-electron chi connectivity index (χ2n) is 10.3. The Labute approximate surface area is 221 Å². The molecule has 2 aliphatic carbocycles. The van der Waals surface area contributed by atoms with Crippen molar-refractivity contribution in [3.8, 4) is 11.4 Å². The number of hydrogen-bond acceptors (Lipinski definition) is 4. The zero-order chi connectivity index (χ0) is 26.0. The number of alkyl halides is 1. The van der Waals surface area contributed by atoms with Crippen molar-refractivity contribution in [2.75, 3.05) is 7.11 Å². The molecule has 2 saturated carbocycles. The molecule has 2 aromatic carbocycles. The lowest BCUT2D eigenvalue weighted by Crippen LogP contribution is -2.50. The van der Waals surface area contributed by atoms with Crippen molar-refractivity contribution in [2.24, 2.45) is 5.92 Å². The smallest absolute Gasteiger partial charge is 0.338 e. The molecule has 1 heterocycles. The third-order valence-electron chi connectivity index (χ3n) is 7.99. The molecule has 37 heavy (non-hydrogen) atoms. The minimum absolute atomic E-state index is 0.0725. The van der Waals surface area contributed by atoms with Gasteiger partial charge in [-0.25, -0.2) is 14.2 Å². The first-order chi connectivity index (χ1) is 17.9. The standard InChI is InChI=1S/C29H33ClFN3O3/c1-37-27(35)21-15-9-8-14-20(21)26-33-24-16-22(23(31)17-25(24)34-26)29(30,18-10-4-2-5-11-18)28(36)32-19-12-6-3-7-13-19/h8-9,14-19H,2-7,10-13H2,1H3,(H,32,36)(H,33,34). The van der Waals surface area contributed by atoms with Crippen LogP contribution in [0, 0.1) is 11.7 Å². The van der Waals surface area contributed by atoms with E-state index < -0.39 is 16.7 Å². The van der Waals surface area contributed by atoms with Crippen LogP contribution in [-0.2, 0) is 14.4 Å². The summed E-state index contributed by atoms with van der Waals surface area (Å²) in [6, 6.07) is 9.98. The Bertz CT molecular complexity index is 1300. The van der Waals surface area contributed by atoms with E-state index in [1.165, 1.54) is 19.6 Å². The van der Waals surface area contributed by atoms with Crippen LogP contribution >= 0.6 is 11.6 Å². The molecular formula is C29H33ClFN3O3. The van der Waals surface area contributed by atoms with E-state index in [2.05, 4.69) is 15.3 Å². The first kappa shape index (κ1) is 25.7. The average Bonchev–Trinajstić information content (AvgIpc) is 3.35. The Morgan fingerprint density at radius 3 is 2.43 bits per heavy atom. The average molecular weight is 526 g/mol. The fourth-order valence-corrected chi connectivity index (χ4v) is 6.40. The first-order valence-electron chi connectivity index (χ1n) is 13.3. The quantitative estimate of drug-likeness (QED) is 0.280. The normalized spacial score (nSPS) is 18.9. The monoisotopic (exact) mass is 525 g/mol. The molecule has 2 fully saturated rings. The minimum Gasteiger partial charge on any atom is -0.465 e. The van der Waals surface area contributed by atoms with Gasteiger partial charge in [-0.1, -0.05) is 56.7 Å². The molecule has 1 aromatic heterocycles. The number of ether oxygens (including phenoxy) is 1. The van der Waals surface area contributed by atoms with Crippen molar-refractivity contribution < 1.29 is 18.7 Å². The van der Waals surface area contributed by atoms with Crippen molar-refractivity contribution in [3.63, 3.8) is 0 Å². The lowest BCUT2D eigenvalue weighted by atomic mass is 9.75. The fourth-order valence-electron chi connectivity index (χ4n) is 5.98. The molecule has 1 unspecified atom stereocenters. The predicted octanol–water partition coefficient (Wildman–Crippen LogP) is 6.62. The topological polar surface area (TPSA) is 84.1 Å². The molecule has 2 N–H and O–H groups in total. The van der Waals surface area contributed by atoms with E-state index in [0.29, 0.717) is 28.0 Å². The minimum atomic E-state index is -1.51. The zero-order valence-corrected chi connectivity index (χ0v) is 21.9. The number of fused-ring (bicyclic) bond motifs is 1. The van der Waals surface area contributed by atoms with Crippen LogP contribution in [0.5, 0.6) is 0 Å². The van der Waals surface area contributed by atoms with Gasteiger partial charge in [0.15, 0.2) is 4.87 Å². The van der Waals surface area contributed by atoms with Gasteiger partial charge in [0.25, 0.3) is 0 Å². The number of benzene rings is 2. The number of aromatic amines is 1. The number of nitrogens with one attached hydrogen (secondary N) is 2. The molecule has 1 atom stereocenters.